The van der Waals surface area contributed by atoms with E-state index < -0.39 is 0 Å². The topological polar surface area (TPSA) is 37.2 Å². The Hall–Kier alpha value is -0.800. The molecule has 1 aromatic heterocycles. The van der Waals surface area contributed by atoms with Gasteiger partial charge in [-0.3, -0.25) is 0 Å². The van der Waals surface area contributed by atoms with E-state index in [0.29, 0.717) is 0 Å². The summed E-state index contributed by atoms with van der Waals surface area (Å²) in [7, 11) is 0. The number of hydrogen-bond acceptors (Lipinski definition) is 2. The lowest BCUT2D eigenvalue weighted by atomic mass is 10.1. The minimum absolute atomic E-state index is 0.246. The van der Waals surface area contributed by atoms with Gasteiger partial charge in [-0.15, -0.1) is 0 Å². The minimum Gasteiger partial charge on any atom is -0.385 e. The SMILES string of the molecule is CCn1cccc1C(O)C1CCCN1. The van der Waals surface area contributed by atoms with E-state index in [0.717, 1.165) is 25.2 Å². The van der Waals surface area contributed by atoms with Crippen molar-refractivity contribution >= 4 is 0 Å². The number of aryl methyl sites for hydroxylation is 1. The second-order valence-corrected chi connectivity index (χ2v) is 3.87. The molecule has 1 aliphatic rings. The van der Waals surface area contributed by atoms with Crippen LogP contribution in [0, 0.1) is 0 Å². The highest BCUT2D eigenvalue weighted by Gasteiger charge is 2.25. The number of aromatic nitrogens is 1. The fourth-order valence-electron chi connectivity index (χ4n) is 2.17. The summed E-state index contributed by atoms with van der Waals surface area (Å²) < 4.78 is 2.10. The van der Waals surface area contributed by atoms with Crippen molar-refractivity contribution in [3.63, 3.8) is 0 Å². The van der Waals surface area contributed by atoms with E-state index in [1.807, 2.05) is 18.3 Å². The Kier molecular flexibility index (Phi) is 2.89. The molecule has 2 heterocycles. The Morgan fingerprint density at radius 3 is 3.21 bits per heavy atom. The van der Waals surface area contributed by atoms with E-state index in [9.17, 15) is 5.11 Å². The predicted molar refractivity (Wildman–Crippen MR) is 56.1 cm³/mol. The third-order valence-corrected chi connectivity index (χ3v) is 2.99. The van der Waals surface area contributed by atoms with Crippen LogP contribution < -0.4 is 5.32 Å². The highest BCUT2D eigenvalue weighted by molar-refractivity contribution is 5.12. The van der Waals surface area contributed by atoms with Gasteiger partial charge >= 0.3 is 0 Å². The maximum absolute atomic E-state index is 10.1. The molecule has 0 amide bonds. The van der Waals surface area contributed by atoms with Gasteiger partial charge in [-0.2, -0.15) is 0 Å². The van der Waals surface area contributed by atoms with Crippen molar-refractivity contribution < 1.29 is 5.11 Å². The molecule has 0 saturated carbocycles. The highest BCUT2D eigenvalue weighted by atomic mass is 16.3. The summed E-state index contributed by atoms with van der Waals surface area (Å²) in [6.45, 7) is 4.05. The van der Waals surface area contributed by atoms with Gasteiger partial charge in [0.25, 0.3) is 0 Å². The molecule has 0 radical (unpaired) electrons. The van der Waals surface area contributed by atoms with Gasteiger partial charge in [-0.1, -0.05) is 0 Å². The maximum atomic E-state index is 10.1. The smallest absolute Gasteiger partial charge is 0.109 e. The van der Waals surface area contributed by atoms with Crippen molar-refractivity contribution in [3.05, 3.63) is 24.0 Å². The quantitative estimate of drug-likeness (QED) is 0.761. The summed E-state index contributed by atoms with van der Waals surface area (Å²) in [5.41, 5.74) is 1.03. The number of nitrogens with one attached hydrogen (secondary N) is 1. The first-order valence-corrected chi connectivity index (χ1v) is 5.39. The first-order valence-electron chi connectivity index (χ1n) is 5.39. The van der Waals surface area contributed by atoms with E-state index in [2.05, 4.69) is 16.8 Å². The Bertz CT molecular complexity index is 289. The maximum Gasteiger partial charge on any atom is 0.109 e. The number of rotatable bonds is 3. The summed E-state index contributed by atoms with van der Waals surface area (Å²) in [6, 6.07) is 4.25. The fraction of sp³-hybridized carbons (Fsp3) is 0.636. The third kappa shape index (κ3) is 1.70. The van der Waals surface area contributed by atoms with E-state index in [1.54, 1.807) is 0 Å². The van der Waals surface area contributed by atoms with Crippen LogP contribution in [0.15, 0.2) is 18.3 Å². The van der Waals surface area contributed by atoms with Crippen LogP contribution in [0.25, 0.3) is 0 Å². The number of hydrogen-bond donors (Lipinski definition) is 2. The first kappa shape index (κ1) is 9.74. The zero-order valence-corrected chi connectivity index (χ0v) is 8.61. The molecule has 2 atom stereocenters. The van der Waals surface area contributed by atoms with Crippen LogP contribution in [0.1, 0.15) is 31.6 Å². The van der Waals surface area contributed by atoms with Crippen molar-refractivity contribution in [2.45, 2.75) is 38.5 Å². The van der Waals surface area contributed by atoms with Gasteiger partial charge in [0.2, 0.25) is 0 Å². The summed E-state index contributed by atoms with van der Waals surface area (Å²) >= 11 is 0. The Labute approximate surface area is 84.7 Å². The molecular formula is C11H18N2O. The van der Waals surface area contributed by atoms with Gasteiger partial charge in [0.05, 0.1) is 0 Å². The lowest BCUT2D eigenvalue weighted by Crippen LogP contribution is -2.29. The molecule has 0 aliphatic carbocycles. The van der Waals surface area contributed by atoms with Gasteiger partial charge in [0, 0.05) is 24.5 Å². The van der Waals surface area contributed by atoms with Crippen molar-refractivity contribution in [1.29, 1.82) is 0 Å². The average Bonchev–Trinajstić information content (AvgIpc) is 2.87. The van der Waals surface area contributed by atoms with Gasteiger partial charge in [0.1, 0.15) is 6.10 Å². The summed E-state index contributed by atoms with van der Waals surface area (Å²) in [5, 5.41) is 13.5. The van der Waals surface area contributed by atoms with Crippen LogP contribution in [0.4, 0.5) is 0 Å². The summed E-state index contributed by atoms with van der Waals surface area (Å²) in [4.78, 5) is 0. The lowest BCUT2D eigenvalue weighted by Gasteiger charge is -2.19. The van der Waals surface area contributed by atoms with E-state index >= 15 is 0 Å². The van der Waals surface area contributed by atoms with Gasteiger partial charge in [-0.05, 0) is 38.4 Å². The molecule has 0 aromatic carbocycles. The molecule has 1 aliphatic heterocycles. The monoisotopic (exact) mass is 194 g/mol. The van der Waals surface area contributed by atoms with Crippen LogP contribution in [0.2, 0.25) is 0 Å². The molecule has 1 fully saturated rings. The highest BCUT2D eigenvalue weighted by Crippen LogP contribution is 2.23. The zero-order chi connectivity index (χ0) is 9.97. The van der Waals surface area contributed by atoms with E-state index in [-0.39, 0.29) is 12.1 Å². The number of aliphatic hydroxyl groups is 1. The molecular weight excluding hydrogens is 176 g/mol. The molecule has 0 bridgehead atoms. The second kappa shape index (κ2) is 4.15. The molecule has 0 spiro atoms. The predicted octanol–water partition coefficient (Wildman–Crippen LogP) is 1.29. The van der Waals surface area contributed by atoms with Crippen molar-refractivity contribution in [2.24, 2.45) is 0 Å². The first-order chi connectivity index (χ1) is 6.83. The Morgan fingerprint density at radius 1 is 1.71 bits per heavy atom. The van der Waals surface area contributed by atoms with Gasteiger partial charge in [0.15, 0.2) is 0 Å². The van der Waals surface area contributed by atoms with Crippen LogP contribution >= 0.6 is 0 Å². The van der Waals surface area contributed by atoms with Crippen molar-refractivity contribution in [3.8, 4) is 0 Å². The standard InChI is InChI=1S/C11H18N2O/c1-2-13-8-4-6-10(13)11(14)9-5-3-7-12-9/h4,6,8-9,11-12,14H,2-3,5,7H2,1H3. The molecule has 3 heteroatoms. The van der Waals surface area contributed by atoms with Crippen LogP contribution in [0.5, 0.6) is 0 Å². The Balaban J connectivity index is 2.12. The van der Waals surface area contributed by atoms with Crippen molar-refractivity contribution in [2.75, 3.05) is 6.54 Å². The molecule has 1 aromatic rings. The summed E-state index contributed by atoms with van der Waals surface area (Å²) in [5.74, 6) is 0. The molecule has 2 N–H and O–H groups in total. The molecule has 3 nitrogen and oxygen atoms in total. The zero-order valence-electron chi connectivity index (χ0n) is 8.61. The molecule has 2 unspecified atom stereocenters. The van der Waals surface area contributed by atoms with Crippen LogP contribution in [0.3, 0.4) is 0 Å². The van der Waals surface area contributed by atoms with Gasteiger partial charge in [-0.25, -0.2) is 0 Å². The fourth-order valence-corrected chi connectivity index (χ4v) is 2.17. The van der Waals surface area contributed by atoms with Crippen LogP contribution in [-0.4, -0.2) is 22.3 Å². The van der Waals surface area contributed by atoms with Gasteiger partial charge < -0.3 is 15.0 Å². The molecule has 2 rings (SSSR count). The van der Waals surface area contributed by atoms with Crippen LogP contribution in [-0.2, 0) is 6.54 Å². The third-order valence-electron chi connectivity index (χ3n) is 2.99. The minimum atomic E-state index is -0.354. The Morgan fingerprint density at radius 2 is 2.57 bits per heavy atom. The average molecular weight is 194 g/mol. The summed E-state index contributed by atoms with van der Waals surface area (Å²) in [6.07, 6.45) is 3.92. The molecule has 78 valence electrons. The second-order valence-electron chi connectivity index (χ2n) is 3.87. The number of aliphatic hydroxyl groups excluding tert-OH is 1. The largest absolute Gasteiger partial charge is 0.385 e. The van der Waals surface area contributed by atoms with E-state index in [1.165, 1.54) is 6.42 Å². The van der Waals surface area contributed by atoms with Crippen molar-refractivity contribution in [1.82, 2.24) is 9.88 Å². The molecule has 1 saturated heterocycles. The number of nitrogens with zero attached hydrogens (tertiary/aromatic N) is 1. The normalized spacial score (nSPS) is 24.0. The van der Waals surface area contributed by atoms with E-state index in [4.69, 9.17) is 0 Å². The lowest BCUT2D eigenvalue weighted by molar-refractivity contribution is 0.129. The molecule has 14 heavy (non-hydrogen) atoms.